The first-order chi connectivity index (χ1) is 14.2. The average Bonchev–Trinajstić information content (AvgIpc) is 3.16. The van der Waals surface area contributed by atoms with Crippen molar-refractivity contribution in [3.63, 3.8) is 0 Å². The van der Waals surface area contributed by atoms with E-state index in [-0.39, 0.29) is 12.4 Å². The largest absolute Gasteiger partial charge is 0.392 e. The Labute approximate surface area is 173 Å². The fourth-order valence-corrected chi connectivity index (χ4v) is 4.50. The van der Waals surface area contributed by atoms with Gasteiger partial charge in [-0.1, -0.05) is 37.3 Å². The second-order valence-electron chi connectivity index (χ2n) is 7.04. The summed E-state index contributed by atoms with van der Waals surface area (Å²) in [7, 11) is 0. The van der Waals surface area contributed by atoms with Crippen molar-refractivity contribution in [1.82, 2.24) is 9.97 Å². The summed E-state index contributed by atoms with van der Waals surface area (Å²) in [6.07, 6.45) is 5.46. The summed E-state index contributed by atoms with van der Waals surface area (Å²) in [5, 5.41) is 10.2. The minimum atomic E-state index is 0.0293. The van der Waals surface area contributed by atoms with Gasteiger partial charge in [0.15, 0.2) is 0 Å². The second-order valence-corrected chi connectivity index (χ2v) is 8.13. The predicted octanol–water partition coefficient (Wildman–Crippen LogP) is 5.43. The molecule has 4 rings (SSSR count). The molecule has 0 saturated carbocycles. The molecule has 1 N–H and O–H groups in total. The molecule has 0 bridgehead atoms. The minimum absolute atomic E-state index is 0.0293. The summed E-state index contributed by atoms with van der Waals surface area (Å²) >= 11 is 1.59. The molecule has 4 aromatic rings. The monoisotopic (exact) mass is 402 g/mol. The Morgan fingerprint density at radius 3 is 2.59 bits per heavy atom. The van der Waals surface area contributed by atoms with Crippen LogP contribution in [0.4, 0.5) is 0 Å². The van der Waals surface area contributed by atoms with E-state index in [1.807, 2.05) is 49.5 Å². The van der Waals surface area contributed by atoms with Crippen LogP contribution in [-0.4, -0.2) is 20.9 Å². The molecular weight excluding hydrogens is 380 g/mol. The first-order valence-electron chi connectivity index (χ1n) is 9.73. The Kier molecular flexibility index (Phi) is 5.79. The van der Waals surface area contributed by atoms with Gasteiger partial charge in [0.2, 0.25) is 0 Å². The van der Waals surface area contributed by atoms with Gasteiger partial charge < -0.3 is 5.11 Å². The lowest BCUT2D eigenvalue weighted by Crippen LogP contribution is -2.00. The lowest BCUT2D eigenvalue weighted by Gasteiger charge is -2.08. The first kappa shape index (κ1) is 19.4. The number of carbonyl (C=O) groups is 1. The molecule has 0 saturated heterocycles. The normalized spacial score (nSPS) is 11.1. The standard InChI is InChI=1S/C24H22N2O2S/c1-2-4-20(28)13-23-26-22-12-19(17-8-6-16(15-27)7-9-17)11-21(24(22)29-23)18-5-3-10-25-14-18/h3,5-12,14,27H,2,4,13,15H2,1H3. The van der Waals surface area contributed by atoms with Gasteiger partial charge >= 0.3 is 0 Å². The Morgan fingerprint density at radius 2 is 1.90 bits per heavy atom. The van der Waals surface area contributed by atoms with Crippen LogP contribution in [0.2, 0.25) is 0 Å². The van der Waals surface area contributed by atoms with Crippen molar-refractivity contribution >= 4 is 27.3 Å². The summed E-state index contributed by atoms with van der Waals surface area (Å²) in [5.74, 6) is 0.231. The smallest absolute Gasteiger partial charge is 0.139 e. The molecule has 29 heavy (non-hydrogen) atoms. The lowest BCUT2D eigenvalue weighted by atomic mass is 9.98. The zero-order chi connectivity index (χ0) is 20.2. The molecule has 0 radical (unpaired) electrons. The summed E-state index contributed by atoms with van der Waals surface area (Å²) in [4.78, 5) is 21.2. The molecular formula is C24H22N2O2S. The molecule has 0 spiro atoms. The van der Waals surface area contributed by atoms with Gasteiger partial charge in [-0.05, 0) is 41.3 Å². The summed E-state index contributed by atoms with van der Waals surface area (Å²) < 4.78 is 1.08. The van der Waals surface area contributed by atoms with E-state index in [0.717, 1.165) is 49.5 Å². The maximum Gasteiger partial charge on any atom is 0.139 e. The molecule has 2 heterocycles. The third-order valence-corrected chi connectivity index (χ3v) is 5.96. The van der Waals surface area contributed by atoms with Crippen molar-refractivity contribution in [2.45, 2.75) is 32.8 Å². The van der Waals surface area contributed by atoms with Crippen molar-refractivity contribution in [2.75, 3.05) is 0 Å². The van der Waals surface area contributed by atoms with Crippen LogP contribution < -0.4 is 0 Å². The van der Waals surface area contributed by atoms with E-state index in [1.165, 1.54) is 0 Å². The van der Waals surface area contributed by atoms with E-state index in [9.17, 15) is 9.90 Å². The number of fused-ring (bicyclic) bond motifs is 1. The Bertz CT molecular complexity index is 1130. The molecule has 2 aromatic heterocycles. The number of carbonyl (C=O) groups excluding carboxylic acids is 1. The van der Waals surface area contributed by atoms with E-state index < -0.39 is 0 Å². The van der Waals surface area contributed by atoms with Gasteiger partial charge in [-0.3, -0.25) is 9.78 Å². The van der Waals surface area contributed by atoms with Crippen molar-refractivity contribution < 1.29 is 9.90 Å². The molecule has 0 aliphatic heterocycles. The fourth-order valence-electron chi connectivity index (χ4n) is 3.40. The molecule has 0 amide bonds. The van der Waals surface area contributed by atoms with Crippen LogP contribution in [0.25, 0.3) is 32.5 Å². The molecule has 0 unspecified atom stereocenters. The number of ketones is 1. The molecule has 2 aromatic carbocycles. The summed E-state index contributed by atoms with van der Waals surface area (Å²) in [6, 6.07) is 16.1. The number of rotatable bonds is 7. The highest BCUT2D eigenvalue weighted by Gasteiger charge is 2.15. The van der Waals surface area contributed by atoms with Crippen LogP contribution >= 0.6 is 11.3 Å². The minimum Gasteiger partial charge on any atom is -0.392 e. The van der Waals surface area contributed by atoms with Crippen molar-refractivity contribution in [3.8, 4) is 22.3 Å². The van der Waals surface area contributed by atoms with E-state index in [4.69, 9.17) is 4.98 Å². The molecule has 0 fully saturated rings. The molecule has 0 aliphatic rings. The number of thiazole rings is 1. The molecule has 146 valence electrons. The number of aromatic nitrogens is 2. The molecule has 0 atom stereocenters. The number of pyridine rings is 1. The highest BCUT2D eigenvalue weighted by Crippen LogP contribution is 2.37. The van der Waals surface area contributed by atoms with Gasteiger partial charge in [-0.15, -0.1) is 11.3 Å². The van der Waals surface area contributed by atoms with Crippen molar-refractivity contribution in [1.29, 1.82) is 0 Å². The Balaban J connectivity index is 1.84. The van der Waals surface area contributed by atoms with Crippen molar-refractivity contribution in [3.05, 3.63) is 71.5 Å². The van der Waals surface area contributed by atoms with Gasteiger partial charge in [0.1, 0.15) is 10.8 Å². The molecule has 0 aliphatic carbocycles. The van der Waals surface area contributed by atoms with Gasteiger partial charge in [-0.25, -0.2) is 4.98 Å². The number of hydrogen-bond acceptors (Lipinski definition) is 5. The van der Waals surface area contributed by atoms with Crippen LogP contribution in [0, 0.1) is 0 Å². The van der Waals surface area contributed by atoms with Crippen LogP contribution in [0.15, 0.2) is 60.9 Å². The summed E-state index contributed by atoms with van der Waals surface area (Å²) in [6.45, 7) is 2.05. The zero-order valence-electron chi connectivity index (χ0n) is 16.3. The van der Waals surface area contributed by atoms with Gasteiger partial charge in [-0.2, -0.15) is 0 Å². The predicted molar refractivity (Wildman–Crippen MR) is 118 cm³/mol. The second kappa shape index (κ2) is 8.64. The number of benzene rings is 2. The quantitative estimate of drug-likeness (QED) is 0.448. The maximum atomic E-state index is 12.1. The van der Waals surface area contributed by atoms with Gasteiger partial charge in [0.05, 0.1) is 23.2 Å². The summed E-state index contributed by atoms with van der Waals surface area (Å²) in [5.41, 5.74) is 6.00. The van der Waals surface area contributed by atoms with Crippen LogP contribution in [0.1, 0.15) is 30.3 Å². The van der Waals surface area contributed by atoms with Crippen LogP contribution in [0.5, 0.6) is 0 Å². The topological polar surface area (TPSA) is 63.1 Å². The fraction of sp³-hybridized carbons (Fsp3) is 0.208. The van der Waals surface area contributed by atoms with Gasteiger partial charge in [0, 0.05) is 29.9 Å². The van der Waals surface area contributed by atoms with Crippen molar-refractivity contribution in [2.24, 2.45) is 0 Å². The highest BCUT2D eigenvalue weighted by molar-refractivity contribution is 7.19. The number of nitrogens with zero attached hydrogens (tertiary/aromatic N) is 2. The lowest BCUT2D eigenvalue weighted by molar-refractivity contribution is -0.118. The SMILES string of the molecule is CCCC(=O)Cc1nc2cc(-c3ccc(CO)cc3)cc(-c3cccnc3)c2s1. The third kappa shape index (κ3) is 4.26. The first-order valence-corrected chi connectivity index (χ1v) is 10.6. The number of Topliss-reactive ketones (excluding diaryl/α,β-unsaturated/α-hetero) is 1. The van der Waals surface area contributed by atoms with E-state index in [0.29, 0.717) is 12.8 Å². The van der Waals surface area contributed by atoms with E-state index >= 15 is 0 Å². The molecule has 5 heteroatoms. The maximum absolute atomic E-state index is 12.1. The third-order valence-electron chi connectivity index (χ3n) is 4.85. The zero-order valence-corrected chi connectivity index (χ0v) is 17.1. The average molecular weight is 403 g/mol. The Morgan fingerprint density at radius 1 is 1.07 bits per heavy atom. The van der Waals surface area contributed by atoms with Crippen LogP contribution in [-0.2, 0) is 17.8 Å². The molecule has 4 nitrogen and oxygen atoms in total. The highest BCUT2D eigenvalue weighted by atomic mass is 32.1. The van der Waals surface area contributed by atoms with Gasteiger partial charge in [0.25, 0.3) is 0 Å². The number of hydrogen-bond donors (Lipinski definition) is 1. The van der Waals surface area contributed by atoms with Crippen LogP contribution in [0.3, 0.4) is 0 Å². The van der Waals surface area contributed by atoms with E-state index in [1.54, 1.807) is 17.5 Å². The number of aliphatic hydroxyl groups is 1. The number of aliphatic hydroxyl groups excluding tert-OH is 1. The Hall–Kier alpha value is -2.89. The van der Waals surface area contributed by atoms with E-state index in [2.05, 4.69) is 17.1 Å².